The van der Waals surface area contributed by atoms with Crippen molar-refractivity contribution >= 4 is 23.7 Å². The standard InChI is InChI=1S/C7H6N4O6/c12-6(13)9-10(7(14)15)5-3-4(11(16)17)1-2-8-5/h1-3,9H,(H,12,13)(H,14,15). The van der Waals surface area contributed by atoms with E-state index in [1.807, 2.05) is 0 Å². The normalized spacial score (nSPS) is 9.41. The van der Waals surface area contributed by atoms with Crippen LogP contribution in [0.3, 0.4) is 0 Å². The predicted octanol–water partition coefficient (Wildman–Crippen LogP) is 0.657. The Kier molecular flexibility index (Phi) is 3.39. The van der Waals surface area contributed by atoms with E-state index in [2.05, 4.69) is 4.98 Å². The molecule has 0 saturated carbocycles. The highest BCUT2D eigenvalue weighted by molar-refractivity contribution is 5.87. The van der Waals surface area contributed by atoms with E-state index in [1.54, 1.807) is 0 Å². The first-order valence-corrected chi connectivity index (χ1v) is 4.05. The van der Waals surface area contributed by atoms with Crippen LogP contribution >= 0.6 is 0 Å². The Labute approximate surface area is 93.2 Å². The zero-order chi connectivity index (χ0) is 13.0. The van der Waals surface area contributed by atoms with E-state index in [4.69, 9.17) is 10.2 Å². The minimum atomic E-state index is -1.67. The number of nitrogens with one attached hydrogen (secondary N) is 1. The van der Waals surface area contributed by atoms with Crippen LogP contribution in [0.5, 0.6) is 0 Å². The Hall–Kier alpha value is -2.91. The maximum atomic E-state index is 10.7. The van der Waals surface area contributed by atoms with E-state index in [0.29, 0.717) is 0 Å². The highest BCUT2D eigenvalue weighted by atomic mass is 16.6. The van der Waals surface area contributed by atoms with Crippen molar-refractivity contribution in [2.45, 2.75) is 0 Å². The molecule has 0 aromatic carbocycles. The number of amides is 2. The van der Waals surface area contributed by atoms with Crippen molar-refractivity contribution in [3.8, 4) is 0 Å². The highest BCUT2D eigenvalue weighted by Gasteiger charge is 2.20. The number of hydrogen-bond acceptors (Lipinski definition) is 5. The largest absolute Gasteiger partial charge is 0.464 e. The molecule has 1 heterocycles. The van der Waals surface area contributed by atoms with Gasteiger partial charge in [-0.25, -0.2) is 20.0 Å². The maximum absolute atomic E-state index is 10.7. The highest BCUT2D eigenvalue weighted by Crippen LogP contribution is 2.16. The summed E-state index contributed by atoms with van der Waals surface area (Å²) in [6.45, 7) is 0. The third-order valence-electron chi connectivity index (χ3n) is 1.57. The molecule has 17 heavy (non-hydrogen) atoms. The number of aromatic nitrogens is 1. The van der Waals surface area contributed by atoms with Gasteiger partial charge in [-0.05, 0) is 0 Å². The molecule has 10 nitrogen and oxygen atoms in total. The van der Waals surface area contributed by atoms with E-state index in [0.717, 1.165) is 18.3 Å². The molecule has 1 aromatic heterocycles. The molecule has 0 aliphatic carbocycles. The molecule has 0 saturated heterocycles. The third kappa shape index (κ3) is 3.02. The predicted molar refractivity (Wildman–Crippen MR) is 52.6 cm³/mol. The number of carboxylic acid groups (broad SMARTS) is 2. The summed E-state index contributed by atoms with van der Waals surface area (Å²) >= 11 is 0. The van der Waals surface area contributed by atoms with Crippen LogP contribution in [0.1, 0.15) is 0 Å². The molecule has 0 aliphatic rings. The number of rotatable bonds is 2. The fourth-order valence-electron chi connectivity index (χ4n) is 0.942. The summed E-state index contributed by atoms with van der Waals surface area (Å²) in [5.41, 5.74) is 1.12. The SMILES string of the molecule is O=C(O)NN(C(=O)O)c1cc([N+](=O)[O-])ccn1. The number of nitro groups is 1. The van der Waals surface area contributed by atoms with Crippen LogP contribution in [0.2, 0.25) is 0 Å². The van der Waals surface area contributed by atoms with Crippen molar-refractivity contribution in [1.82, 2.24) is 10.4 Å². The summed E-state index contributed by atoms with van der Waals surface area (Å²) in [4.78, 5) is 34.2. The Bertz CT molecular complexity index is 475. The Balaban J connectivity index is 3.10. The monoisotopic (exact) mass is 242 g/mol. The summed E-state index contributed by atoms with van der Waals surface area (Å²) in [5.74, 6) is -0.422. The number of carbonyl (C=O) groups is 2. The average Bonchev–Trinajstić information content (AvgIpc) is 2.25. The summed E-state index contributed by atoms with van der Waals surface area (Å²) in [6, 6.07) is 1.87. The summed E-state index contributed by atoms with van der Waals surface area (Å²) < 4.78 is 0. The lowest BCUT2D eigenvalue weighted by molar-refractivity contribution is -0.384. The molecule has 0 aliphatic heterocycles. The number of hydrazine groups is 1. The quantitative estimate of drug-likeness (QED) is 0.509. The van der Waals surface area contributed by atoms with Crippen molar-refractivity contribution in [1.29, 1.82) is 0 Å². The molecule has 0 fully saturated rings. The molecule has 0 bridgehead atoms. The van der Waals surface area contributed by atoms with Gasteiger partial charge in [0.1, 0.15) is 0 Å². The second-order valence-electron chi connectivity index (χ2n) is 2.66. The van der Waals surface area contributed by atoms with Crippen molar-refractivity contribution in [3.05, 3.63) is 28.4 Å². The lowest BCUT2D eigenvalue weighted by Gasteiger charge is -2.16. The Morgan fingerprint density at radius 3 is 2.59 bits per heavy atom. The topological polar surface area (TPSA) is 146 Å². The van der Waals surface area contributed by atoms with Gasteiger partial charge in [0.15, 0.2) is 5.82 Å². The first-order valence-electron chi connectivity index (χ1n) is 4.05. The van der Waals surface area contributed by atoms with Gasteiger partial charge < -0.3 is 10.2 Å². The van der Waals surface area contributed by atoms with Gasteiger partial charge in [0.2, 0.25) is 0 Å². The molecule has 0 atom stereocenters. The van der Waals surface area contributed by atoms with Crippen molar-refractivity contribution in [3.63, 3.8) is 0 Å². The zero-order valence-corrected chi connectivity index (χ0v) is 8.10. The van der Waals surface area contributed by atoms with E-state index in [1.165, 1.54) is 5.43 Å². The van der Waals surface area contributed by atoms with E-state index >= 15 is 0 Å². The lowest BCUT2D eigenvalue weighted by Crippen LogP contribution is -2.45. The molecule has 2 amide bonds. The minimum absolute atomic E-state index is 0.148. The zero-order valence-electron chi connectivity index (χ0n) is 8.10. The summed E-state index contributed by atoms with van der Waals surface area (Å²) in [7, 11) is 0. The van der Waals surface area contributed by atoms with Gasteiger partial charge in [0.05, 0.1) is 11.0 Å². The lowest BCUT2D eigenvalue weighted by atomic mass is 10.4. The average molecular weight is 242 g/mol. The van der Waals surface area contributed by atoms with Gasteiger partial charge in [0, 0.05) is 12.3 Å². The van der Waals surface area contributed by atoms with Gasteiger partial charge >= 0.3 is 12.2 Å². The van der Waals surface area contributed by atoms with Gasteiger partial charge in [-0.15, -0.1) is 0 Å². The molecule has 0 radical (unpaired) electrons. The van der Waals surface area contributed by atoms with Crippen LogP contribution in [0, 0.1) is 10.1 Å². The van der Waals surface area contributed by atoms with Crippen molar-refractivity contribution < 1.29 is 24.7 Å². The first-order chi connectivity index (χ1) is 7.91. The molecule has 1 rings (SSSR count). The summed E-state index contributed by atoms with van der Waals surface area (Å²) in [6.07, 6.45) is -2.31. The molecular formula is C7H6N4O6. The second kappa shape index (κ2) is 4.74. The van der Waals surface area contributed by atoms with Gasteiger partial charge in [-0.1, -0.05) is 0 Å². The fraction of sp³-hybridized carbons (Fsp3) is 0. The fourth-order valence-corrected chi connectivity index (χ4v) is 0.942. The van der Waals surface area contributed by atoms with Gasteiger partial charge in [-0.2, -0.15) is 5.01 Å². The van der Waals surface area contributed by atoms with Gasteiger partial charge in [-0.3, -0.25) is 10.1 Å². The Morgan fingerprint density at radius 2 is 2.12 bits per heavy atom. The number of pyridine rings is 1. The van der Waals surface area contributed by atoms with E-state index in [-0.39, 0.29) is 5.01 Å². The van der Waals surface area contributed by atoms with Crippen molar-refractivity contribution in [2.75, 3.05) is 5.01 Å². The van der Waals surface area contributed by atoms with Crippen LogP contribution in [0.15, 0.2) is 18.3 Å². The van der Waals surface area contributed by atoms with Crippen molar-refractivity contribution in [2.24, 2.45) is 0 Å². The molecule has 0 unspecified atom stereocenters. The van der Waals surface area contributed by atoms with Crippen LogP contribution in [-0.2, 0) is 0 Å². The molecule has 10 heteroatoms. The third-order valence-corrected chi connectivity index (χ3v) is 1.57. The van der Waals surface area contributed by atoms with Crippen LogP contribution < -0.4 is 10.4 Å². The van der Waals surface area contributed by atoms with E-state index < -0.39 is 28.6 Å². The summed E-state index contributed by atoms with van der Waals surface area (Å²) in [5, 5.41) is 27.7. The number of hydrogen-bond donors (Lipinski definition) is 3. The molecule has 1 aromatic rings. The Morgan fingerprint density at radius 1 is 1.47 bits per heavy atom. The van der Waals surface area contributed by atoms with Crippen LogP contribution in [0.4, 0.5) is 21.1 Å². The van der Waals surface area contributed by atoms with E-state index in [9.17, 15) is 19.7 Å². The smallest absolute Gasteiger partial charge is 0.432 e. The van der Waals surface area contributed by atoms with Crippen LogP contribution in [-0.4, -0.2) is 32.3 Å². The maximum Gasteiger partial charge on any atom is 0.432 e. The van der Waals surface area contributed by atoms with Crippen LogP contribution in [0.25, 0.3) is 0 Å². The molecule has 0 spiro atoms. The minimum Gasteiger partial charge on any atom is -0.464 e. The molecule has 90 valence electrons. The number of anilines is 1. The number of nitrogens with zero attached hydrogens (tertiary/aromatic N) is 3. The van der Waals surface area contributed by atoms with Gasteiger partial charge in [0.25, 0.3) is 5.69 Å². The first kappa shape index (κ1) is 12.2. The molecule has 3 N–H and O–H groups in total. The molecular weight excluding hydrogens is 236 g/mol. The second-order valence-corrected chi connectivity index (χ2v) is 2.66.